The van der Waals surface area contributed by atoms with Crippen molar-refractivity contribution in [3.8, 4) is 10.4 Å². The van der Waals surface area contributed by atoms with E-state index in [1.807, 2.05) is 30.0 Å². The molecule has 0 radical (unpaired) electrons. The number of amides is 1. The van der Waals surface area contributed by atoms with Gasteiger partial charge in [0.2, 0.25) is 5.91 Å². The van der Waals surface area contributed by atoms with Crippen LogP contribution in [0.25, 0.3) is 10.4 Å². The lowest BCUT2D eigenvalue weighted by Crippen LogP contribution is -2.50. The molecule has 3 heterocycles. The van der Waals surface area contributed by atoms with Crippen LogP contribution in [0.2, 0.25) is 0 Å². The molecular weight excluding hydrogens is 375 g/mol. The third-order valence-corrected chi connectivity index (χ3v) is 6.80. The number of nitrogens with zero attached hydrogens (tertiary/aromatic N) is 2. The molecular formula is C22H27FN2O2S. The predicted octanol–water partition coefficient (Wildman–Crippen LogP) is 4.01. The van der Waals surface area contributed by atoms with Gasteiger partial charge in [-0.15, -0.1) is 11.3 Å². The molecule has 2 atom stereocenters. The summed E-state index contributed by atoms with van der Waals surface area (Å²) in [5.74, 6) is 0.245. The third-order valence-electron chi connectivity index (χ3n) is 5.70. The molecule has 4 rings (SSSR count). The Balaban J connectivity index is 1.30. The van der Waals surface area contributed by atoms with Gasteiger partial charge in [-0.05, 0) is 38.0 Å². The van der Waals surface area contributed by atoms with Crippen molar-refractivity contribution in [2.75, 3.05) is 32.8 Å². The van der Waals surface area contributed by atoms with Gasteiger partial charge in [0.05, 0.1) is 6.10 Å². The minimum atomic E-state index is -0.176. The van der Waals surface area contributed by atoms with E-state index in [9.17, 15) is 9.18 Å². The molecule has 2 aromatic rings. The van der Waals surface area contributed by atoms with E-state index in [1.165, 1.54) is 10.9 Å². The first-order valence-corrected chi connectivity index (χ1v) is 10.9. The molecule has 0 aliphatic carbocycles. The topological polar surface area (TPSA) is 32.8 Å². The van der Waals surface area contributed by atoms with Crippen LogP contribution in [0.3, 0.4) is 0 Å². The maximum atomic E-state index is 14.0. The fourth-order valence-electron chi connectivity index (χ4n) is 4.10. The second kappa shape index (κ2) is 8.72. The van der Waals surface area contributed by atoms with Crippen molar-refractivity contribution >= 4 is 17.2 Å². The third kappa shape index (κ3) is 4.45. The lowest BCUT2D eigenvalue weighted by molar-refractivity contribution is -0.142. The monoisotopic (exact) mass is 402 g/mol. The zero-order chi connectivity index (χ0) is 19.5. The van der Waals surface area contributed by atoms with Crippen molar-refractivity contribution < 1.29 is 13.9 Å². The Hall–Kier alpha value is -1.76. The van der Waals surface area contributed by atoms with Crippen molar-refractivity contribution in [1.82, 2.24) is 9.80 Å². The van der Waals surface area contributed by atoms with Crippen LogP contribution >= 0.6 is 11.3 Å². The summed E-state index contributed by atoms with van der Waals surface area (Å²) in [5.41, 5.74) is 0.667. The number of carbonyl (C=O) groups excluding carboxylic acids is 1. The maximum Gasteiger partial charge on any atom is 0.225 e. The summed E-state index contributed by atoms with van der Waals surface area (Å²) in [6.45, 7) is 6.95. The highest BCUT2D eigenvalue weighted by Gasteiger charge is 2.31. The Labute approximate surface area is 169 Å². The van der Waals surface area contributed by atoms with Crippen LogP contribution in [-0.4, -0.2) is 54.6 Å². The number of ether oxygens (including phenoxy) is 1. The minimum Gasteiger partial charge on any atom is -0.378 e. The molecule has 0 saturated carbocycles. The zero-order valence-corrected chi connectivity index (χ0v) is 17.1. The van der Waals surface area contributed by atoms with Crippen LogP contribution in [0, 0.1) is 11.7 Å². The van der Waals surface area contributed by atoms with Crippen molar-refractivity contribution in [2.45, 2.75) is 32.4 Å². The first-order chi connectivity index (χ1) is 13.6. The van der Waals surface area contributed by atoms with Gasteiger partial charge < -0.3 is 9.64 Å². The summed E-state index contributed by atoms with van der Waals surface area (Å²) < 4.78 is 19.6. The van der Waals surface area contributed by atoms with Crippen LogP contribution in [0.1, 0.15) is 24.6 Å². The Morgan fingerprint density at radius 2 is 1.96 bits per heavy atom. The summed E-state index contributed by atoms with van der Waals surface area (Å²) in [5, 5.41) is 0. The van der Waals surface area contributed by atoms with Gasteiger partial charge in [0.25, 0.3) is 0 Å². The van der Waals surface area contributed by atoms with E-state index in [4.69, 9.17) is 4.74 Å². The van der Waals surface area contributed by atoms with E-state index >= 15 is 0 Å². The number of thiophene rings is 1. The number of halogens is 1. The molecule has 0 bridgehead atoms. The average molecular weight is 403 g/mol. The smallest absolute Gasteiger partial charge is 0.225 e. The van der Waals surface area contributed by atoms with Gasteiger partial charge >= 0.3 is 0 Å². The van der Waals surface area contributed by atoms with E-state index < -0.39 is 0 Å². The highest BCUT2D eigenvalue weighted by molar-refractivity contribution is 7.15. The SMILES string of the molecule is CC1CC(C(=O)N2CCN(Cc3ccc(-c4ccccc4F)s3)CC2)CCO1. The van der Waals surface area contributed by atoms with E-state index in [0.29, 0.717) is 18.1 Å². The molecule has 2 aliphatic rings. The van der Waals surface area contributed by atoms with Gasteiger partial charge in [0.15, 0.2) is 0 Å². The first kappa shape index (κ1) is 19.6. The average Bonchev–Trinajstić information content (AvgIpc) is 3.16. The standard InChI is InChI=1S/C22H27FN2O2S/c1-16-14-17(8-13-27-16)22(26)25-11-9-24(10-12-25)15-18-6-7-21(28-18)19-4-2-3-5-20(19)23/h2-7,16-17H,8-15H2,1H3. The van der Waals surface area contributed by atoms with Gasteiger partial charge in [-0.1, -0.05) is 18.2 Å². The van der Waals surface area contributed by atoms with Crippen molar-refractivity contribution in [1.29, 1.82) is 0 Å². The molecule has 2 saturated heterocycles. The Kier molecular flexibility index (Phi) is 6.09. The van der Waals surface area contributed by atoms with E-state index in [2.05, 4.69) is 11.0 Å². The van der Waals surface area contributed by atoms with Crippen LogP contribution in [0.15, 0.2) is 36.4 Å². The van der Waals surface area contributed by atoms with E-state index in [-0.39, 0.29) is 17.8 Å². The molecule has 1 aromatic heterocycles. The van der Waals surface area contributed by atoms with E-state index in [1.54, 1.807) is 17.4 Å². The summed E-state index contributed by atoms with van der Waals surface area (Å²) in [6.07, 6.45) is 1.87. The molecule has 4 nitrogen and oxygen atoms in total. The maximum absolute atomic E-state index is 14.0. The second-order valence-corrected chi connectivity index (χ2v) is 8.92. The number of piperazine rings is 1. The summed E-state index contributed by atoms with van der Waals surface area (Å²) >= 11 is 1.65. The molecule has 28 heavy (non-hydrogen) atoms. The van der Waals surface area contributed by atoms with Crippen molar-refractivity contribution in [3.05, 3.63) is 47.1 Å². The zero-order valence-electron chi connectivity index (χ0n) is 16.3. The first-order valence-electron chi connectivity index (χ1n) is 10.1. The highest BCUT2D eigenvalue weighted by Crippen LogP contribution is 2.31. The number of benzene rings is 1. The Morgan fingerprint density at radius 3 is 2.71 bits per heavy atom. The molecule has 2 fully saturated rings. The lowest BCUT2D eigenvalue weighted by Gasteiger charge is -2.37. The molecule has 1 amide bonds. The molecule has 0 spiro atoms. The fourth-order valence-corrected chi connectivity index (χ4v) is 5.17. The Bertz CT molecular complexity index is 816. The number of hydrogen-bond acceptors (Lipinski definition) is 4. The molecule has 6 heteroatoms. The number of carbonyl (C=O) groups is 1. The molecule has 2 unspecified atom stereocenters. The fraction of sp³-hybridized carbons (Fsp3) is 0.500. The van der Waals surface area contributed by atoms with Crippen LogP contribution in [0.5, 0.6) is 0 Å². The second-order valence-electron chi connectivity index (χ2n) is 7.75. The molecule has 1 aromatic carbocycles. The van der Waals surface area contributed by atoms with Gasteiger partial charge in [0, 0.05) is 60.6 Å². The lowest BCUT2D eigenvalue weighted by atomic mass is 9.94. The van der Waals surface area contributed by atoms with E-state index in [0.717, 1.165) is 50.4 Å². The molecule has 150 valence electrons. The summed E-state index contributed by atoms with van der Waals surface area (Å²) in [7, 11) is 0. The van der Waals surface area contributed by atoms with Crippen molar-refractivity contribution in [3.63, 3.8) is 0 Å². The normalized spacial score (nSPS) is 23.7. The molecule has 0 N–H and O–H groups in total. The van der Waals surface area contributed by atoms with Gasteiger partial charge in [0.1, 0.15) is 5.82 Å². The summed E-state index contributed by atoms with van der Waals surface area (Å²) in [4.78, 5) is 19.4. The van der Waals surface area contributed by atoms with Gasteiger partial charge in [-0.2, -0.15) is 0 Å². The number of hydrogen-bond donors (Lipinski definition) is 0. The summed E-state index contributed by atoms with van der Waals surface area (Å²) in [6, 6.07) is 11.0. The minimum absolute atomic E-state index is 0.121. The van der Waals surface area contributed by atoms with Crippen molar-refractivity contribution in [2.24, 2.45) is 5.92 Å². The number of rotatable bonds is 4. The van der Waals surface area contributed by atoms with Gasteiger partial charge in [-0.3, -0.25) is 9.69 Å². The van der Waals surface area contributed by atoms with Crippen LogP contribution in [-0.2, 0) is 16.1 Å². The quantitative estimate of drug-likeness (QED) is 0.775. The van der Waals surface area contributed by atoms with Crippen LogP contribution < -0.4 is 0 Å². The highest BCUT2D eigenvalue weighted by atomic mass is 32.1. The Morgan fingerprint density at radius 1 is 1.18 bits per heavy atom. The predicted molar refractivity (Wildman–Crippen MR) is 110 cm³/mol. The van der Waals surface area contributed by atoms with Crippen LogP contribution in [0.4, 0.5) is 4.39 Å². The molecule has 2 aliphatic heterocycles. The van der Waals surface area contributed by atoms with Gasteiger partial charge in [-0.25, -0.2) is 4.39 Å². The largest absolute Gasteiger partial charge is 0.378 e.